The van der Waals surface area contributed by atoms with Crippen LogP contribution in [0.25, 0.3) is 21.9 Å². The number of hydrogen-bond acceptors (Lipinski definition) is 5. The third-order valence-corrected chi connectivity index (χ3v) is 4.26. The number of benzene rings is 2. The number of aromatic hydroxyl groups is 2. The lowest BCUT2D eigenvalue weighted by molar-refractivity contribution is 0.475. The fourth-order valence-corrected chi connectivity index (χ4v) is 2.98. The highest BCUT2D eigenvalue weighted by Crippen LogP contribution is 2.33. The van der Waals surface area contributed by atoms with Crippen molar-refractivity contribution in [1.29, 1.82) is 0 Å². The summed E-state index contributed by atoms with van der Waals surface area (Å²) in [6.07, 6.45) is 1.80. The molecule has 25 heavy (non-hydrogen) atoms. The molecule has 126 valence electrons. The summed E-state index contributed by atoms with van der Waals surface area (Å²) in [7, 11) is 0. The second-order valence-electron chi connectivity index (χ2n) is 5.91. The molecule has 0 unspecified atom stereocenters. The summed E-state index contributed by atoms with van der Waals surface area (Å²) in [4.78, 5) is 4.69. The number of phenolic OH excluding ortho intramolecular Hbond substituents is 2. The number of rotatable bonds is 4. The van der Waals surface area contributed by atoms with Crippen LogP contribution in [0.2, 0.25) is 0 Å². The Morgan fingerprint density at radius 2 is 1.76 bits per heavy atom. The first-order valence-electron chi connectivity index (χ1n) is 8.15. The predicted octanol–water partition coefficient (Wildman–Crippen LogP) is 3.63. The molecule has 0 bridgehead atoms. The van der Waals surface area contributed by atoms with E-state index in [0.717, 1.165) is 39.7 Å². The molecule has 3 N–H and O–H groups in total. The van der Waals surface area contributed by atoms with Gasteiger partial charge in [0, 0.05) is 18.5 Å². The highest BCUT2D eigenvalue weighted by Gasteiger charge is 2.13. The molecule has 0 saturated heterocycles. The van der Waals surface area contributed by atoms with Crippen LogP contribution in [0.5, 0.6) is 11.5 Å². The molecule has 6 heteroatoms. The fraction of sp³-hybridized carbons (Fsp3) is 0.158. The van der Waals surface area contributed by atoms with Crippen molar-refractivity contribution >= 4 is 27.6 Å². The van der Waals surface area contributed by atoms with Gasteiger partial charge in [0.05, 0.1) is 22.8 Å². The first-order chi connectivity index (χ1) is 12.2. The highest BCUT2D eigenvalue weighted by molar-refractivity contribution is 6.06. The van der Waals surface area contributed by atoms with Crippen molar-refractivity contribution in [1.82, 2.24) is 14.8 Å². The van der Waals surface area contributed by atoms with Crippen LogP contribution in [0, 0.1) is 0 Å². The van der Waals surface area contributed by atoms with E-state index in [9.17, 15) is 10.2 Å². The Hall–Kier alpha value is -3.28. The minimum Gasteiger partial charge on any atom is -0.508 e. The summed E-state index contributed by atoms with van der Waals surface area (Å²) in [5.74, 6) is 0.443. The molecular formula is C19H18N4O2. The van der Waals surface area contributed by atoms with Crippen molar-refractivity contribution in [2.24, 2.45) is 0 Å². The van der Waals surface area contributed by atoms with E-state index in [1.807, 2.05) is 29.8 Å². The maximum absolute atomic E-state index is 9.89. The Morgan fingerprint density at radius 1 is 1.00 bits per heavy atom. The number of pyridine rings is 1. The molecule has 2 heterocycles. The molecule has 0 atom stereocenters. The van der Waals surface area contributed by atoms with Crippen LogP contribution in [0.1, 0.15) is 12.5 Å². The molecular weight excluding hydrogens is 316 g/mol. The fourth-order valence-electron chi connectivity index (χ4n) is 2.98. The number of fused-ring (bicyclic) bond motifs is 2. The lowest BCUT2D eigenvalue weighted by Gasteiger charge is -2.12. The van der Waals surface area contributed by atoms with Crippen LogP contribution in [0.4, 0.5) is 5.69 Å². The van der Waals surface area contributed by atoms with Crippen molar-refractivity contribution in [2.45, 2.75) is 20.0 Å². The van der Waals surface area contributed by atoms with Crippen LogP contribution in [0.3, 0.4) is 0 Å². The zero-order valence-electron chi connectivity index (χ0n) is 13.8. The summed E-state index contributed by atoms with van der Waals surface area (Å²) in [6.45, 7) is 3.34. The summed E-state index contributed by atoms with van der Waals surface area (Å²) in [6, 6.07) is 12.2. The van der Waals surface area contributed by atoms with E-state index in [4.69, 9.17) is 4.98 Å². The summed E-state index contributed by atoms with van der Waals surface area (Å²) < 4.78 is 1.85. The lowest BCUT2D eigenvalue weighted by Crippen LogP contribution is -2.02. The van der Waals surface area contributed by atoms with Crippen molar-refractivity contribution < 1.29 is 10.2 Å². The quantitative estimate of drug-likeness (QED) is 0.531. The Morgan fingerprint density at radius 3 is 2.52 bits per heavy atom. The molecule has 0 spiro atoms. The van der Waals surface area contributed by atoms with E-state index < -0.39 is 0 Å². The molecule has 4 aromatic rings. The number of nitrogens with zero attached hydrogens (tertiary/aromatic N) is 3. The molecule has 0 aliphatic carbocycles. The number of aromatic nitrogens is 3. The van der Waals surface area contributed by atoms with Crippen LogP contribution in [0.15, 0.2) is 48.7 Å². The van der Waals surface area contributed by atoms with Gasteiger partial charge >= 0.3 is 0 Å². The topological polar surface area (TPSA) is 83.2 Å². The van der Waals surface area contributed by atoms with Crippen LogP contribution < -0.4 is 5.32 Å². The van der Waals surface area contributed by atoms with Gasteiger partial charge in [-0.15, -0.1) is 0 Å². The van der Waals surface area contributed by atoms with E-state index in [0.29, 0.717) is 6.54 Å². The van der Waals surface area contributed by atoms with Crippen molar-refractivity contribution in [2.75, 3.05) is 5.32 Å². The van der Waals surface area contributed by atoms with Gasteiger partial charge in [-0.2, -0.15) is 5.10 Å². The van der Waals surface area contributed by atoms with Gasteiger partial charge in [-0.05, 0) is 42.8 Å². The van der Waals surface area contributed by atoms with Crippen molar-refractivity contribution in [3.05, 3.63) is 54.2 Å². The molecule has 6 nitrogen and oxygen atoms in total. The number of aryl methyl sites for hydroxylation is 1. The zero-order valence-corrected chi connectivity index (χ0v) is 13.8. The predicted molar refractivity (Wildman–Crippen MR) is 97.8 cm³/mol. The Labute approximate surface area is 144 Å². The van der Waals surface area contributed by atoms with E-state index in [1.54, 1.807) is 30.5 Å². The van der Waals surface area contributed by atoms with Crippen LogP contribution in [-0.4, -0.2) is 25.0 Å². The minimum absolute atomic E-state index is 0.198. The molecule has 0 amide bonds. The average Bonchev–Trinajstić information content (AvgIpc) is 3.03. The molecule has 0 fully saturated rings. The molecule has 0 radical (unpaired) electrons. The minimum atomic E-state index is 0.198. The number of nitrogens with one attached hydrogen (secondary N) is 1. The van der Waals surface area contributed by atoms with E-state index in [1.165, 1.54) is 0 Å². The molecule has 0 aliphatic heterocycles. The average molecular weight is 334 g/mol. The SMILES string of the molecule is CCn1ncc2c(NCc3ccc(O)cc3)c3cc(O)ccc3nc21. The largest absolute Gasteiger partial charge is 0.508 e. The van der Waals surface area contributed by atoms with Gasteiger partial charge in [0.2, 0.25) is 0 Å². The normalized spacial score (nSPS) is 11.2. The van der Waals surface area contributed by atoms with Crippen molar-refractivity contribution in [3.63, 3.8) is 0 Å². The summed E-state index contributed by atoms with van der Waals surface area (Å²) >= 11 is 0. The molecule has 2 aromatic heterocycles. The van der Waals surface area contributed by atoms with Gasteiger partial charge < -0.3 is 15.5 Å². The third kappa shape index (κ3) is 2.71. The van der Waals surface area contributed by atoms with E-state index in [-0.39, 0.29) is 11.5 Å². The molecule has 0 saturated carbocycles. The highest BCUT2D eigenvalue weighted by atomic mass is 16.3. The first-order valence-corrected chi connectivity index (χ1v) is 8.15. The Bertz CT molecular complexity index is 1050. The Kier molecular flexibility index (Phi) is 3.65. The van der Waals surface area contributed by atoms with Crippen LogP contribution >= 0.6 is 0 Å². The second-order valence-corrected chi connectivity index (χ2v) is 5.91. The molecule has 2 aromatic carbocycles. The number of phenols is 2. The van der Waals surface area contributed by atoms with E-state index in [2.05, 4.69) is 10.4 Å². The number of hydrogen-bond donors (Lipinski definition) is 3. The smallest absolute Gasteiger partial charge is 0.160 e. The Balaban J connectivity index is 1.84. The summed E-state index contributed by atoms with van der Waals surface area (Å²) in [5, 5.41) is 28.9. The van der Waals surface area contributed by atoms with Gasteiger partial charge in [0.25, 0.3) is 0 Å². The monoisotopic (exact) mass is 334 g/mol. The standard InChI is InChI=1S/C19H18N4O2/c1-2-23-19-16(11-21-23)18(15-9-14(25)7-8-17(15)22-19)20-10-12-3-5-13(24)6-4-12/h3-9,11,24-25H,2,10H2,1H3,(H,20,22). The van der Waals surface area contributed by atoms with Crippen molar-refractivity contribution in [3.8, 4) is 11.5 Å². The second kappa shape index (κ2) is 5.98. The van der Waals surface area contributed by atoms with Gasteiger partial charge in [0.1, 0.15) is 11.5 Å². The summed E-state index contributed by atoms with van der Waals surface area (Å²) in [5.41, 5.74) is 3.55. The van der Waals surface area contributed by atoms with Gasteiger partial charge in [-0.3, -0.25) is 0 Å². The third-order valence-electron chi connectivity index (χ3n) is 4.26. The maximum Gasteiger partial charge on any atom is 0.160 e. The maximum atomic E-state index is 9.89. The van der Waals surface area contributed by atoms with Gasteiger partial charge in [-0.1, -0.05) is 12.1 Å². The molecule has 0 aliphatic rings. The first kappa shape index (κ1) is 15.3. The lowest BCUT2D eigenvalue weighted by atomic mass is 10.1. The molecule has 4 rings (SSSR count). The van der Waals surface area contributed by atoms with Gasteiger partial charge in [-0.25, -0.2) is 9.67 Å². The van der Waals surface area contributed by atoms with E-state index >= 15 is 0 Å². The number of anilines is 1. The zero-order chi connectivity index (χ0) is 17.4. The van der Waals surface area contributed by atoms with Crippen LogP contribution in [-0.2, 0) is 13.1 Å². The van der Waals surface area contributed by atoms with Gasteiger partial charge in [0.15, 0.2) is 5.65 Å².